The van der Waals surface area contributed by atoms with E-state index < -0.39 is 5.97 Å². The number of piperidine rings is 1. The number of benzene rings is 1. The Hall–Kier alpha value is -2.77. The Morgan fingerprint density at radius 2 is 1.86 bits per heavy atom. The lowest BCUT2D eigenvalue weighted by Crippen LogP contribution is -2.43. The fourth-order valence-electron chi connectivity index (χ4n) is 2.89. The van der Waals surface area contributed by atoms with Crippen molar-refractivity contribution in [3.05, 3.63) is 23.8 Å². The van der Waals surface area contributed by atoms with Crippen LogP contribution in [-0.4, -0.2) is 56.1 Å². The van der Waals surface area contributed by atoms with Crippen LogP contribution in [-0.2, 0) is 14.3 Å². The summed E-state index contributed by atoms with van der Waals surface area (Å²) in [6.07, 6.45) is 1.06. The Kier molecular flexibility index (Phi) is 7.66. The maximum atomic E-state index is 12.3. The average Bonchev–Trinajstić information content (AvgIpc) is 2.69. The highest BCUT2D eigenvalue weighted by molar-refractivity contribution is 5.92. The predicted molar refractivity (Wildman–Crippen MR) is 102 cm³/mol. The molecule has 0 unspecified atom stereocenters. The number of rotatable bonds is 8. The lowest BCUT2D eigenvalue weighted by atomic mass is 9.96. The fourth-order valence-corrected chi connectivity index (χ4v) is 2.89. The minimum atomic E-state index is -0.617. The number of hydrogen-bond acceptors (Lipinski definition) is 6. The van der Waals surface area contributed by atoms with Crippen LogP contribution in [0.15, 0.2) is 18.2 Å². The number of nitrogens with zero attached hydrogens (tertiary/aromatic N) is 1. The molecule has 0 atom stereocenters. The van der Waals surface area contributed by atoms with Gasteiger partial charge in [-0.05, 0) is 37.0 Å². The molecular formula is C20H28N2O6. The summed E-state index contributed by atoms with van der Waals surface area (Å²) in [5, 5.41) is 0. The molecule has 28 heavy (non-hydrogen) atoms. The zero-order valence-electron chi connectivity index (χ0n) is 16.6. The largest absolute Gasteiger partial charge is 0.493 e. The summed E-state index contributed by atoms with van der Waals surface area (Å²) >= 11 is 0. The standard InChI is InChI=1S/C20H28N2O6/c1-13(2)11-27-16-5-4-15(10-17(16)26-3)20(25)28-12-18(23)22-8-6-14(7-9-22)19(21)24/h4-5,10,13-14H,6-9,11-12H2,1-3H3,(H2,21,24). The second-order valence-corrected chi connectivity index (χ2v) is 7.20. The summed E-state index contributed by atoms with van der Waals surface area (Å²) < 4.78 is 16.1. The number of methoxy groups -OCH3 is 1. The first-order valence-corrected chi connectivity index (χ1v) is 9.36. The van der Waals surface area contributed by atoms with Gasteiger partial charge in [0.15, 0.2) is 18.1 Å². The van der Waals surface area contributed by atoms with E-state index in [1.54, 1.807) is 17.0 Å². The highest BCUT2D eigenvalue weighted by atomic mass is 16.5. The summed E-state index contributed by atoms with van der Waals surface area (Å²) in [4.78, 5) is 37.3. The molecule has 1 saturated heterocycles. The maximum absolute atomic E-state index is 12.3. The summed E-state index contributed by atoms with van der Waals surface area (Å²) in [5.74, 6) is -0.123. The normalized spacial score (nSPS) is 14.6. The van der Waals surface area contributed by atoms with Gasteiger partial charge in [-0.15, -0.1) is 0 Å². The van der Waals surface area contributed by atoms with Crippen molar-refractivity contribution in [1.82, 2.24) is 4.90 Å². The second kappa shape index (κ2) is 9.96. The molecule has 0 aliphatic carbocycles. The predicted octanol–water partition coefficient (Wildman–Crippen LogP) is 1.61. The van der Waals surface area contributed by atoms with Crippen LogP contribution in [0.5, 0.6) is 11.5 Å². The molecule has 154 valence electrons. The summed E-state index contributed by atoms with van der Waals surface area (Å²) in [7, 11) is 1.49. The van der Waals surface area contributed by atoms with Crippen LogP contribution in [0.4, 0.5) is 0 Å². The third kappa shape index (κ3) is 5.87. The van der Waals surface area contributed by atoms with Crippen LogP contribution in [0.2, 0.25) is 0 Å². The van der Waals surface area contributed by atoms with Gasteiger partial charge in [-0.2, -0.15) is 0 Å². The highest BCUT2D eigenvalue weighted by Crippen LogP contribution is 2.28. The molecule has 1 heterocycles. The average molecular weight is 392 g/mol. The van der Waals surface area contributed by atoms with Crippen molar-refractivity contribution in [1.29, 1.82) is 0 Å². The molecular weight excluding hydrogens is 364 g/mol. The number of carbonyl (C=O) groups is 3. The number of esters is 1. The molecule has 1 aromatic carbocycles. The van der Waals surface area contributed by atoms with Gasteiger partial charge < -0.3 is 24.8 Å². The van der Waals surface area contributed by atoms with Gasteiger partial charge in [-0.3, -0.25) is 9.59 Å². The number of likely N-dealkylation sites (tertiary alicyclic amines) is 1. The number of nitrogens with two attached hydrogens (primary N) is 1. The molecule has 1 aliphatic rings. The van der Waals surface area contributed by atoms with Gasteiger partial charge in [-0.25, -0.2) is 4.79 Å². The van der Waals surface area contributed by atoms with Crippen molar-refractivity contribution < 1.29 is 28.6 Å². The molecule has 0 saturated carbocycles. The van der Waals surface area contributed by atoms with Crippen molar-refractivity contribution in [3.8, 4) is 11.5 Å². The molecule has 8 nitrogen and oxygen atoms in total. The summed E-state index contributed by atoms with van der Waals surface area (Å²) in [5.41, 5.74) is 5.56. The minimum absolute atomic E-state index is 0.199. The van der Waals surface area contributed by atoms with Gasteiger partial charge in [0.05, 0.1) is 19.3 Å². The van der Waals surface area contributed by atoms with E-state index >= 15 is 0 Å². The Bertz CT molecular complexity index is 711. The molecule has 2 amide bonds. The van der Waals surface area contributed by atoms with E-state index in [-0.39, 0.29) is 29.9 Å². The number of ether oxygens (including phenoxy) is 3. The molecule has 1 fully saturated rings. The van der Waals surface area contributed by atoms with Crippen LogP contribution < -0.4 is 15.2 Å². The smallest absolute Gasteiger partial charge is 0.338 e. The number of amides is 2. The van der Waals surface area contributed by atoms with E-state index in [2.05, 4.69) is 0 Å². The zero-order chi connectivity index (χ0) is 20.7. The number of hydrogen-bond donors (Lipinski definition) is 1. The first kappa shape index (κ1) is 21.5. The van der Waals surface area contributed by atoms with Crippen molar-refractivity contribution >= 4 is 17.8 Å². The maximum Gasteiger partial charge on any atom is 0.338 e. The minimum Gasteiger partial charge on any atom is -0.493 e. The van der Waals surface area contributed by atoms with Crippen molar-refractivity contribution in [3.63, 3.8) is 0 Å². The number of carbonyl (C=O) groups excluding carboxylic acids is 3. The van der Waals surface area contributed by atoms with E-state index in [1.165, 1.54) is 13.2 Å². The quantitative estimate of drug-likeness (QED) is 0.674. The lowest BCUT2D eigenvalue weighted by molar-refractivity contribution is -0.137. The molecule has 1 aliphatic heterocycles. The van der Waals surface area contributed by atoms with Gasteiger partial charge in [-0.1, -0.05) is 13.8 Å². The van der Waals surface area contributed by atoms with E-state index in [9.17, 15) is 14.4 Å². The van der Waals surface area contributed by atoms with E-state index in [1.807, 2.05) is 13.8 Å². The van der Waals surface area contributed by atoms with Crippen molar-refractivity contribution in [2.45, 2.75) is 26.7 Å². The van der Waals surface area contributed by atoms with Crippen LogP contribution in [0, 0.1) is 11.8 Å². The number of primary amides is 1. The van der Waals surface area contributed by atoms with Crippen molar-refractivity contribution in [2.75, 3.05) is 33.4 Å². The van der Waals surface area contributed by atoms with Crippen LogP contribution in [0.25, 0.3) is 0 Å². The molecule has 1 aromatic rings. The van der Waals surface area contributed by atoms with Crippen LogP contribution >= 0.6 is 0 Å². The topological polar surface area (TPSA) is 108 Å². The van der Waals surface area contributed by atoms with E-state index in [4.69, 9.17) is 19.9 Å². The summed E-state index contributed by atoms with van der Waals surface area (Å²) in [6.45, 7) is 5.10. The first-order valence-electron chi connectivity index (χ1n) is 9.36. The molecule has 0 bridgehead atoms. The molecule has 2 rings (SSSR count). The van der Waals surface area contributed by atoms with Gasteiger partial charge in [0.1, 0.15) is 0 Å². The fraction of sp³-hybridized carbons (Fsp3) is 0.550. The molecule has 0 radical (unpaired) electrons. The van der Waals surface area contributed by atoms with Gasteiger partial charge in [0.25, 0.3) is 5.91 Å². The van der Waals surface area contributed by atoms with Gasteiger partial charge in [0.2, 0.25) is 5.91 Å². The second-order valence-electron chi connectivity index (χ2n) is 7.20. The van der Waals surface area contributed by atoms with Gasteiger partial charge in [0, 0.05) is 19.0 Å². The Morgan fingerprint density at radius 1 is 1.18 bits per heavy atom. The van der Waals surface area contributed by atoms with E-state index in [0.717, 1.165) is 0 Å². The Morgan fingerprint density at radius 3 is 2.43 bits per heavy atom. The first-order chi connectivity index (χ1) is 13.3. The van der Waals surface area contributed by atoms with Crippen LogP contribution in [0.3, 0.4) is 0 Å². The monoisotopic (exact) mass is 392 g/mol. The van der Waals surface area contributed by atoms with Crippen molar-refractivity contribution in [2.24, 2.45) is 17.6 Å². The summed E-state index contributed by atoms with van der Waals surface area (Å²) in [6, 6.07) is 4.75. The van der Waals surface area contributed by atoms with Crippen LogP contribution in [0.1, 0.15) is 37.0 Å². The lowest BCUT2D eigenvalue weighted by Gasteiger charge is -2.30. The molecule has 0 spiro atoms. The zero-order valence-corrected chi connectivity index (χ0v) is 16.6. The van der Waals surface area contributed by atoms with Gasteiger partial charge >= 0.3 is 5.97 Å². The molecule has 0 aromatic heterocycles. The third-order valence-electron chi connectivity index (χ3n) is 4.55. The SMILES string of the molecule is COc1cc(C(=O)OCC(=O)N2CCC(C(N)=O)CC2)ccc1OCC(C)C. The molecule has 8 heteroatoms. The third-order valence-corrected chi connectivity index (χ3v) is 4.55. The Balaban J connectivity index is 1.88. The molecule has 2 N–H and O–H groups in total. The van der Waals surface area contributed by atoms with E-state index in [0.29, 0.717) is 50.0 Å². The highest BCUT2D eigenvalue weighted by Gasteiger charge is 2.26. The Labute approximate surface area is 164 Å².